The van der Waals surface area contributed by atoms with Crippen molar-refractivity contribution in [3.05, 3.63) is 29.6 Å². The minimum atomic E-state index is -0.881. The van der Waals surface area contributed by atoms with Gasteiger partial charge in [-0.2, -0.15) is 5.26 Å². The molecule has 0 unspecified atom stereocenters. The molecular weight excluding hydrogens is 259 g/mol. The molecule has 1 saturated carbocycles. The quantitative estimate of drug-likeness (QED) is 0.816. The Labute approximate surface area is 117 Å². The Morgan fingerprint density at radius 3 is 2.50 bits per heavy atom. The third-order valence-electron chi connectivity index (χ3n) is 3.73. The summed E-state index contributed by atoms with van der Waals surface area (Å²) in [5.41, 5.74) is -0.890. The molecule has 20 heavy (non-hydrogen) atoms. The first-order valence-corrected chi connectivity index (χ1v) is 6.79. The lowest BCUT2D eigenvalue weighted by atomic mass is 9.91. The normalized spacial score (nSPS) is 17.8. The number of amides is 1. The van der Waals surface area contributed by atoms with Gasteiger partial charge in [0.2, 0.25) is 0 Å². The number of nitriles is 1. The number of halogens is 1. The van der Waals surface area contributed by atoms with Crippen LogP contribution in [0.4, 0.5) is 4.39 Å². The Balaban J connectivity index is 2.18. The van der Waals surface area contributed by atoms with Gasteiger partial charge in [-0.15, -0.1) is 0 Å². The summed E-state index contributed by atoms with van der Waals surface area (Å²) in [6, 6.07) is 5.43. The van der Waals surface area contributed by atoms with E-state index in [1.165, 1.54) is 6.07 Å². The maximum atomic E-state index is 12.9. The number of hydrogen-bond donors (Lipinski definition) is 2. The van der Waals surface area contributed by atoms with Crippen molar-refractivity contribution in [3.8, 4) is 11.8 Å². The van der Waals surface area contributed by atoms with Crippen LogP contribution in [-0.4, -0.2) is 16.6 Å². The Morgan fingerprint density at radius 1 is 1.30 bits per heavy atom. The highest BCUT2D eigenvalue weighted by Crippen LogP contribution is 2.28. The van der Waals surface area contributed by atoms with Crippen LogP contribution in [0.5, 0.6) is 5.75 Å². The molecule has 1 aromatic rings. The van der Waals surface area contributed by atoms with E-state index in [0.717, 1.165) is 37.8 Å². The molecule has 0 atom stereocenters. The molecule has 1 aliphatic carbocycles. The van der Waals surface area contributed by atoms with Crippen LogP contribution in [0.1, 0.15) is 48.9 Å². The van der Waals surface area contributed by atoms with Gasteiger partial charge in [-0.3, -0.25) is 4.79 Å². The molecule has 1 fully saturated rings. The van der Waals surface area contributed by atoms with E-state index in [1.54, 1.807) is 0 Å². The van der Waals surface area contributed by atoms with Gasteiger partial charge in [-0.25, -0.2) is 4.39 Å². The van der Waals surface area contributed by atoms with Crippen LogP contribution in [0.25, 0.3) is 0 Å². The van der Waals surface area contributed by atoms with Gasteiger partial charge in [0.15, 0.2) is 0 Å². The van der Waals surface area contributed by atoms with E-state index in [4.69, 9.17) is 0 Å². The molecule has 1 aromatic carbocycles. The minimum Gasteiger partial charge on any atom is -0.507 e. The number of nitrogens with zero attached hydrogens (tertiary/aromatic N) is 1. The van der Waals surface area contributed by atoms with E-state index in [1.807, 2.05) is 0 Å². The molecule has 0 heterocycles. The molecule has 0 saturated heterocycles. The van der Waals surface area contributed by atoms with Crippen LogP contribution in [0.15, 0.2) is 18.2 Å². The van der Waals surface area contributed by atoms with Crippen LogP contribution in [0, 0.1) is 17.1 Å². The highest BCUT2D eigenvalue weighted by Gasteiger charge is 2.33. The fourth-order valence-corrected chi connectivity index (χ4v) is 2.58. The Bertz CT molecular complexity index is 543. The van der Waals surface area contributed by atoms with Crippen LogP contribution in [0.3, 0.4) is 0 Å². The minimum absolute atomic E-state index is 0.00901. The molecule has 5 heteroatoms. The highest BCUT2D eigenvalue weighted by atomic mass is 19.1. The number of carbonyl (C=O) groups is 1. The summed E-state index contributed by atoms with van der Waals surface area (Å²) in [7, 11) is 0. The predicted molar refractivity (Wildman–Crippen MR) is 71.6 cm³/mol. The van der Waals surface area contributed by atoms with E-state index in [0.29, 0.717) is 12.8 Å². The maximum Gasteiger partial charge on any atom is 0.256 e. The van der Waals surface area contributed by atoms with E-state index in [-0.39, 0.29) is 5.56 Å². The van der Waals surface area contributed by atoms with E-state index in [9.17, 15) is 19.6 Å². The maximum absolute atomic E-state index is 12.9. The van der Waals surface area contributed by atoms with Gasteiger partial charge in [0.05, 0.1) is 11.6 Å². The van der Waals surface area contributed by atoms with Gasteiger partial charge in [-0.1, -0.05) is 25.7 Å². The number of aromatic hydroxyl groups is 1. The van der Waals surface area contributed by atoms with Gasteiger partial charge in [-0.05, 0) is 25.0 Å². The zero-order chi connectivity index (χ0) is 14.6. The van der Waals surface area contributed by atoms with E-state index >= 15 is 0 Å². The topological polar surface area (TPSA) is 73.1 Å². The fourth-order valence-electron chi connectivity index (χ4n) is 2.58. The molecule has 2 N–H and O–H groups in total. The second kappa shape index (κ2) is 5.91. The fraction of sp³-hybridized carbons (Fsp3) is 0.467. The second-order valence-corrected chi connectivity index (χ2v) is 5.22. The lowest BCUT2D eigenvalue weighted by molar-refractivity contribution is 0.0910. The van der Waals surface area contributed by atoms with Gasteiger partial charge < -0.3 is 10.4 Å². The van der Waals surface area contributed by atoms with Crippen molar-refractivity contribution in [3.63, 3.8) is 0 Å². The molecule has 1 aliphatic rings. The first-order valence-electron chi connectivity index (χ1n) is 6.79. The molecule has 4 nitrogen and oxygen atoms in total. The van der Waals surface area contributed by atoms with Crippen LogP contribution < -0.4 is 5.32 Å². The number of rotatable bonds is 2. The van der Waals surface area contributed by atoms with Crippen LogP contribution >= 0.6 is 0 Å². The summed E-state index contributed by atoms with van der Waals surface area (Å²) in [4.78, 5) is 12.2. The van der Waals surface area contributed by atoms with Gasteiger partial charge in [0, 0.05) is 6.07 Å². The molecule has 0 bridgehead atoms. The molecule has 106 valence electrons. The standard InChI is InChI=1S/C15H17FN2O2/c16-11-5-6-12(13(19)9-11)14(20)18-15(10-17)7-3-1-2-4-8-15/h5-6,9,19H,1-4,7-8H2,(H,18,20). The summed E-state index contributed by atoms with van der Waals surface area (Å²) in [6.07, 6.45) is 5.11. The first kappa shape index (κ1) is 14.3. The SMILES string of the molecule is N#CC1(NC(=O)c2ccc(F)cc2O)CCCCCC1. The number of phenols is 1. The smallest absolute Gasteiger partial charge is 0.256 e. The van der Waals surface area contributed by atoms with Crippen molar-refractivity contribution < 1.29 is 14.3 Å². The molecule has 1 amide bonds. The summed E-state index contributed by atoms with van der Waals surface area (Å²) in [5.74, 6) is -1.56. The summed E-state index contributed by atoms with van der Waals surface area (Å²) < 4.78 is 12.9. The van der Waals surface area contributed by atoms with Gasteiger partial charge >= 0.3 is 0 Å². The number of hydrogen-bond acceptors (Lipinski definition) is 3. The largest absolute Gasteiger partial charge is 0.507 e. The molecular formula is C15H17FN2O2. The monoisotopic (exact) mass is 276 g/mol. The van der Waals surface area contributed by atoms with Gasteiger partial charge in [0.25, 0.3) is 5.91 Å². The lowest BCUT2D eigenvalue weighted by Gasteiger charge is -2.26. The number of nitrogens with one attached hydrogen (secondary N) is 1. The second-order valence-electron chi connectivity index (χ2n) is 5.22. The van der Waals surface area contributed by atoms with Crippen molar-refractivity contribution in [2.75, 3.05) is 0 Å². The Kier molecular flexibility index (Phi) is 4.23. The molecule has 0 aliphatic heterocycles. The van der Waals surface area contributed by atoms with Crippen molar-refractivity contribution in [2.45, 2.75) is 44.1 Å². The number of phenolic OH excluding ortho intramolecular Hbond substituents is 1. The number of benzene rings is 1. The summed E-state index contributed by atoms with van der Waals surface area (Å²) in [6.45, 7) is 0. The molecule has 0 spiro atoms. The Morgan fingerprint density at radius 2 is 1.95 bits per heavy atom. The van der Waals surface area contributed by atoms with E-state index < -0.39 is 23.0 Å². The summed E-state index contributed by atoms with van der Waals surface area (Å²) >= 11 is 0. The Hall–Kier alpha value is -2.09. The van der Waals surface area contributed by atoms with E-state index in [2.05, 4.69) is 11.4 Å². The van der Waals surface area contributed by atoms with Crippen molar-refractivity contribution in [2.24, 2.45) is 0 Å². The zero-order valence-corrected chi connectivity index (χ0v) is 11.2. The lowest BCUT2D eigenvalue weighted by Crippen LogP contribution is -2.47. The van der Waals surface area contributed by atoms with Crippen LogP contribution in [-0.2, 0) is 0 Å². The predicted octanol–water partition coefficient (Wildman–Crippen LogP) is 2.88. The van der Waals surface area contributed by atoms with Gasteiger partial charge in [0.1, 0.15) is 17.1 Å². The average molecular weight is 276 g/mol. The number of carbonyl (C=O) groups excluding carboxylic acids is 1. The third kappa shape index (κ3) is 3.08. The molecule has 2 rings (SSSR count). The highest BCUT2D eigenvalue weighted by molar-refractivity contribution is 5.97. The molecule has 0 radical (unpaired) electrons. The zero-order valence-electron chi connectivity index (χ0n) is 11.2. The molecule has 0 aromatic heterocycles. The summed E-state index contributed by atoms with van der Waals surface area (Å²) in [5, 5.41) is 21.7. The van der Waals surface area contributed by atoms with Crippen LogP contribution in [0.2, 0.25) is 0 Å². The average Bonchev–Trinajstić information content (AvgIpc) is 2.64. The third-order valence-corrected chi connectivity index (χ3v) is 3.73. The first-order chi connectivity index (χ1) is 9.56. The van der Waals surface area contributed by atoms with Crippen molar-refractivity contribution in [1.82, 2.24) is 5.32 Å². The van der Waals surface area contributed by atoms with Crippen molar-refractivity contribution >= 4 is 5.91 Å². The van der Waals surface area contributed by atoms with Crippen molar-refractivity contribution in [1.29, 1.82) is 5.26 Å².